The Balaban J connectivity index is 0.943. The van der Waals surface area contributed by atoms with Crippen LogP contribution in [0, 0.1) is 0 Å². The number of fused-ring (bicyclic) bond motifs is 1. The summed E-state index contributed by atoms with van der Waals surface area (Å²) in [6.07, 6.45) is 11.9. The highest BCUT2D eigenvalue weighted by Crippen LogP contribution is 2.39. The standard InChI is InChI=1S/C48H67N7O9/c1-47(2,3)64-46(58)55-24-20-48(21-25-55,45-51-44(53-54-45)36-17-22-49-23-18-36)52-38-13-11-12-37(34-38)50-41-19-29-63-42-16-15-39(35-40(41)42)62-28-10-5-4-8-26-59-30-32-61-33-31-60-27-9-6-7-14-43(56)57/h11-13,15-18,22-23,34-35,41,50,52H,4-10,14,19-21,24-33H2,1-3H3,(H,56,57)(H,51,53,54)/t41-/m1/s1. The summed E-state index contributed by atoms with van der Waals surface area (Å²) in [5.74, 6) is 2.30. The molecule has 0 bridgehead atoms. The number of anilines is 2. The molecule has 2 aromatic heterocycles. The van der Waals surface area contributed by atoms with Crippen molar-refractivity contribution in [1.82, 2.24) is 25.1 Å². The lowest BCUT2D eigenvalue weighted by Crippen LogP contribution is -2.50. The van der Waals surface area contributed by atoms with Crippen LogP contribution in [-0.2, 0) is 29.3 Å². The Kier molecular flexibility index (Phi) is 18.4. The number of aromatic nitrogens is 4. The maximum Gasteiger partial charge on any atom is 0.410 e. The predicted octanol–water partition coefficient (Wildman–Crippen LogP) is 8.77. The van der Waals surface area contributed by atoms with Gasteiger partial charge in [0.25, 0.3) is 0 Å². The number of hydrogen-bond acceptors (Lipinski definition) is 13. The molecule has 16 nitrogen and oxygen atoms in total. The van der Waals surface area contributed by atoms with Gasteiger partial charge in [0, 0.05) is 74.0 Å². The van der Waals surface area contributed by atoms with Crippen molar-refractivity contribution in [2.75, 3.05) is 76.6 Å². The lowest BCUT2D eigenvalue weighted by atomic mass is 9.86. The van der Waals surface area contributed by atoms with Gasteiger partial charge in [0.05, 0.1) is 45.7 Å². The summed E-state index contributed by atoms with van der Waals surface area (Å²) >= 11 is 0. The zero-order valence-electron chi connectivity index (χ0n) is 37.8. The molecule has 0 unspecified atom stereocenters. The molecular weight excluding hydrogens is 819 g/mol. The third-order valence-corrected chi connectivity index (χ3v) is 11.1. The molecule has 16 heteroatoms. The van der Waals surface area contributed by atoms with Crippen molar-refractivity contribution in [1.29, 1.82) is 0 Å². The van der Waals surface area contributed by atoms with Crippen molar-refractivity contribution < 1.29 is 43.1 Å². The Morgan fingerprint density at radius 1 is 0.828 bits per heavy atom. The molecule has 4 heterocycles. The van der Waals surface area contributed by atoms with Gasteiger partial charge < -0.3 is 54.0 Å². The van der Waals surface area contributed by atoms with Crippen LogP contribution in [0.25, 0.3) is 11.4 Å². The van der Waals surface area contributed by atoms with E-state index in [0.717, 1.165) is 78.9 Å². The summed E-state index contributed by atoms with van der Waals surface area (Å²) < 4.78 is 34.8. The molecule has 2 aromatic carbocycles. The van der Waals surface area contributed by atoms with E-state index in [2.05, 4.69) is 55.1 Å². The summed E-state index contributed by atoms with van der Waals surface area (Å²) in [4.78, 5) is 33.0. The number of likely N-dealkylation sites (tertiary alicyclic amines) is 1. The lowest BCUT2D eigenvalue weighted by Gasteiger charge is -2.41. The van der Waals surface area contributed by atoms with Gasteiger partial charge in [-0.1, -0.05) is 18.9 Å². The summed E-state index contributed by atoms with van der Waals surface area (Å²) in [5, 5.41) is 25.4. The number of unbranched alkanes of at least 4 members (excludes halogenated alkanes) is 5. The summed E-state index contributed by atoms with van der Waals surface area (Å²) in [5.41, 5.74) is 2.64. The minimum Gasteiger partial charge on any atom is -0.494 e. The Morgan fingerprint density at radius 3 is 2.20 bits per heavy atom. The molecule has 1 amide bonds. The number of aliphatic carboxylic acids is 1. The van der Waals surface area contributed by atoms with E-state index in [4.69, 9.17) is 33.5 Å². The predicted molar refractivity (Wildman–Crippen MR) is 244 cm³/mol. The number of pyridine rings is 1. The Bertz CT molecular complexity index is 2020. The fourth-order valence-electron chi connectivity index (χ4n) is 7.76. The van der Waals surface area contributed by atoms with E-state index in [1.807, 2.05) is 51.1 Å². The highest BCUT2D eigenvalue weighted by molar-refractivity contribution is 5.68. The van der Waals surface area contributed by atoms with Crippen LogP contribution >= 0.6 is 0 Å². The third-order valence-electron chi connectivity index (χ3n) is 11.1. The summed E-state index contributed by atoms with van der Waals surface area (Å²) in [6, 6.07) is 18.2. The van der Waals surface area contributed by atoms with Gasteiger partial charge in [-0.05, 0) is 114 Å². The van der Waals surface area contributed by atoms with E-state index < -0.39 is 17.1 Å². The SMILES string of the molecule is CC(C)(C)OC(=O)N1CCC(Nc2cccc(N[C@@H]3CCOc4ccc(OCCCCCCOCCOCCOCCCCCC(=O)O)cc43)c2)(c2nnc(-c3ccncc3)[nH]2)CC1. The third kappa shape index (κ3) is 15.4. The number of amides is 1. The molecule has 1 fully saturated rings. The number of piperidine rings is 1. The molecule has 1 saturated heterocycles. The number of carbonyl (C=O) groups is 2. The van der Waals surface area contributed by atoms with Crippen molar-refractivity contribution in [3.05, 3.63) is 78.4 Å². The topological polar surface area (TPSA) is 192 Å². The van der Waals surface area contributed by atoms with Crippen molar-refractivity contribution >= 4 is 23.4 Å². The Hall–Kier alpha value is -5.45. The van der Waals surface area contributed by atoms with E-state index in [0.29, 0.717) is 96.9 Å². The fourth-order valence-corrected chi connectivity index (χ4v) is 7.76. The zero-order chi connectivity index (χ0) is 45.0. The van der Waals surface area contributed by atoms with Crippen LogP contribution in [0.1, 0.15) is 109 Å². The number of nitrogens with zero attached hydrogens (tertiary/aromatic N) is 4. The molecule has 4 N–H and O–H groups in total. The van der Waals surface area contributed by atoms with E-state index in [-0.39, 0.29) is 18.6 Å². The minimum absolute atomic E-state index is 0.0256. The maximum absolute atomic E-state index is 13.0. The molecule has 348 valence electrons. The first kappa shape index (κ1) is 48.0. The molecule has 64 heavy (non-hydrogen) atoms. The first-order valence-corrected chi connectivity index (χ1v) is 22.9. The van der Waals surface area contributed by atoms with Crippen LogP contribution in [0.3, 0.4) is 0 Å². The van der Waals surface area contributed by atoms with Crippen LogP contribution in [-0.4, -0.2) is 114 Å². The number of H-pyrrole nitrogens is 1. The van der Waals surface area contributed by atoms with Gasteiger partial charge in [0.1, 0.15) is 22.6 Å². The average Bonchev–Trinajstić information content (AvgIpc) is 3.79. The van der Waals surface area contributed by atoms with Crippen LogP contribution in [0.2, 0.25) is 0 Å². The number of benzene rings is 2. The second-order valence-corrected chi connectivity index (χ2v) is 17.4. The van der Waals surface area contributed by atoms with Crippen LogP contribution in [0.5, 0.6) is 11.5 Å². The first-order valence-electron chi connectivity index (χ1n) is 22.9. The first-order chi connectivity index (χ1) is 31.1. The molecule has 0 radical (unpaired) electrons. The van der Waals surface area contributed by atoms with Crippen LogP contribution in [0.15, 0.2) is 67.0 Å². The van der Waals surface area contributed by atoms with Crippen molar-refractivity contribution in [2.45, 2.75) is 109 Å². The minimum atomic E-state index is -0.747. The maximum atomic E-state index is 13.0. The molecule has 4 aromatic rings. The number of ether oxygens (including phenoxy) is 6. The van der Waals surface area contributed by atoms with Crippen molar-refractivity contribution in [3.63, 3.8) is 0 Å². The summed E-state index contributed by atoms with van der Waals surface area (Å²) in [6.45, 7) is 11.4. The second-order valence-electron chi connectivity index (χ2n) is 17.4. The van der Waals surface area contributed by atoms with Gasteiger partial charge >= 0.3 is 12.1 Å². The van der Waals surface area contributed by atoms with E-state index in [9.17, 15) is 9.59 Å². The van der Waals surface area contributed by atoms with E-state index in [1.165, 1.54) is 0 Å². The number of carboxylic acid groups (broad SMARTS) is 1. The Morgan fingerprint density at radius 2 is 1.50 bits per heavy atom. The number of rotatable bonds is 26. The largest absolute Gasteiger partial charge is 0.494 e. The number of carbonyl (C=O) groups excluding carboxylic acids is 1. The molecule has 2 aliphatic heterocycles. The van der Waals surface area contributed by atoms with Gasteiger partial charge in [-0.3, -0.25) is 9.78 Å². The number of hydrogen-bond donors (Lipinski definition) is 4. The molecule has 0 saturated carbocycles. The molecule has 2 aliphatic rings. The quantitative estimate of drug-likeness (QED) is 0.0438. The Labute approximate surface area is 377 Å². The van der Waals surface area contributed by atoms with Gasteiger partial charge in [0.2, 0.25) is 0 Å². The fraction of sp³-hybridized carbons (Fsp3) is 0.562. The molecule has 6 rings (SSSR count). The van der Waals surface area contributed by atoms with Gasteiger partial charge in [-0.15, -0.1) is 10.2 Å². The highest BCUT2D eigenvalue weighted by atomic mass is 16.6. The average molecular weight is 886 g/mol. The number of aromatic amines is 1. The highest BCUT2D eigenvalue weighted by Gasteiger charge is 2.41. The number of carboxylic acids is 1. The van der Waals surface area contributed by atoms with Crippen LogP contribution < -0.4 is 20.1 Å². The number of nitrogens with one attached hydrogen (secondary N) is 3. The van der Waals surface area contributed by atoms with E-state index in [1.54, 1.807) is 17.3 Å². The smallest absolute Gasteiger partial charge is 0.410 e. The zero-order valence-corrected chi connectivity index (χ0v) is 37.8. The lowest BCUT2D eigenvalue weighted by molar-refractivity contribution is -0.137. The van der Waals surface area contributed by atoms with Crippen molar-refractivity contribution in [2.24, 2.45) is 0 Å². The molecule has 0 aliphatic carbocycles. The molecular formula is C48H67N7O9. The summed E-state index contributed by atoms with van der Waals surface area (Å²) in [7, 11) is 0. The van der Waals surface area contributed by atoms with Gasteiger partial charge in [-0.25, -0.2) is 4.79 Å². The van der Waals surface area contributed by atoms with E-state index >= 15 is 0 Å². The van der Waals surface area contributed by atoms with Crippen LogP contribution in [0.4, 0.5) is 16.2 Å². The van der Waals surface area contributed by atoms with Gasteiger partial charge in [0.15, 0.2) is 11.6 Å². The van der Waals surface area contributed by atoms with Crippen molar-refractivity contribution in [3.8, 4) is 22.9 Å². The monoisotopic (exact) mass is 886 g/mol. The molecule has 0 spiro atoms. The normalized spacial score (nSPS) is 15.8. The molecule has 1 atom stereocenters. The second kappa shape index (κ2) is 24.6. The van der Waals surface area contributed by atoms with Gasteiger partial charge in [-0.2, -0.15) is 0 Å².